The Balaban J connectivity index is 1.70. The van der Waals surface area contributed by atoms with E-state index in [0.717, 1.165) is 17.5 Å². The van der Waals surface area contributed by atoms with Crippen LogP contribution in [0.2, 0.25) is 0 Å². The van der Waals surface area contributed by atoms with E-state index in [1.807, 2.05) is 30.3 Å². The lowest BCUT2D eigenvalue weighted by atomic mass is 9.93. The first-order valence-electron chi connectivity index (χ1n) is 7.95. The van der Waals surface area contributed by atoms with Crippen LogP contribution in [0, 0.1) is 11.3 Å². The molecule has 0 aliphatic carbocycles. The minimum absolute atomic E-state index is 0.103. The number of hydrogen-bond donors (Lipinski definition) is 2. The molecule has 5 heteroatoms. The van der Waals surface area contributed by atoms with Crippen molar-refractivity contribution in [3.63, 3.8) is 0 Å². The van der Waals surface area contributed by atoms with Crippen LogP contribution in [-0.2, 0) is 13.0 Å². The lowest BCUT2D eigenvalue weighted by Gasteiger charge is -2.36. The van der Waals surface area contributed by atoms with Gasteiger partial charge in [-0.3, -0.25) is 0 Å². The van der Waals surface area contributed by atoms with Crippen molar-refractivity contribution in [1.29, 1.82) is 5.26 Å². The molecule has 1 atom stereocenters. The van der Waals surface area contributed by atoms with Crippen molar-refractivity contribution in [2.75, 3.05) is 13.2 Å². The molecule has 2 aromatic rings. The minimum Gasteiger partial charge on any atom is -0.394 e. The highest BCUT2D eigenvalue weighted by molar-refractivity contribution is 5.75. The van der Waals surface area contributed by atoms with Crippen molar-refractivity contribution < 1.29 is 9.90 Å². The van der Waals surface area contributed by atoms with Gasteiger partial charge in [0, 0.05) is 13.1 Å². The molecule has 2 amide bonds. The van der Waals surface area contributed by atoms with Gasteiger partial charge in [0.25, 0.3) is 0 Å². The number of benzene rings is 2. The van der Waals surface area contributed by atoms with Crippen LogP contribution in [0.15, 0.2) is 48.5 Å². The van der Waals surface area contributed by atoms with Crippen LogP contribution < -0.4 is 5.32 Å². The average Bonchev–Trinajstić information content (AvgIpc) is 2.65. The van der Waals surface area contributed by atoms with E-state index in [-0.39, 0.29) is 18.7 Å². The zero-order valence-electron chi connectivity index (χ0n) is 13.3. The van der Waals surface area contributed by atoms with Crippen LogP contribution in [0.25, 0.3) is 0 Å². The van der Waals surface area contributed by atoms with Gasteiger partial charge in [-0.2, -0.15) is 5.26 Å². The Labute approximate surface area is 141 Å². The number of aliphatic hydroxyl groups is 1. The first-order chi connectivity index (χ1) is 11.7. The number of rotatable bonds is 3. The van der Waals surface area contributed by atoms with Crippen molar-refractivity contribution in [2.45, 2.75) is 19.0 Å². The number of carbonyl (C=O) groups excluding carboxylic acids is 1. The Hall–Kier alpha value is -2.84. The van der Waals surface area contributed by atoms with E-state index in [9.17, 15) is 9.90 Å². The summed E-state index contributed by atoms with van der Waals surface area (Å²) in [7, 11) is 0. The fourth-order valence-corrected chi connectivity index (χ4v) is 3.12. The minimum atomic E-state index is -0.319. The summed E-state index contributed by atoms with van der Waals surface area (Å²) in [4.78, 5) is 14.2. The van der Waals surface area contributed by atoms with E-state index in [1.54, 1.807) is 23.1 Å². The Morgan fingerprint density at radius 2 is 2.12 bits per heavy atom. The first kappa shape index (κ1) is 16.0. The predicted molar refractivity (Wildman–Crippen MR) is 90.1 cm³/mol. The van der Waals surface area contributed by atoms with Gasteiger partial charge in [-0.1, -0.05) is 36.4 Å². The van der Waals surface area contributed by atoms with E-state index in [0.29, 0.717) is 18.7 Å². The van der Waals surface area contributed by atoms with Crippen LogP contribution >= 0.6 is 0 Å². The molecule has 0 aromatic heterocycles. The molecular formula is C19H19N3O2. The lowest BCUT2D eigenvalue weighted by molar-refractivity contribution is 0.126. The summed E-state index contributed by atoms with van der Waals surface area (Å²) in [5.41, 5.74) is 3.64. The fraction of sp³-hybridized carbons (Fsp3) is 0.263. The summed E-state index contributed by atoms with van der Waals surface area (Å²) >= 11 is 0. The number of urea groups is 1. The number of nitrogens with one attached hydrogen (secondary N) is 1. The van der Waals surface area contributed by atoms with Crippen LogP contribution in [-0.4, -0.2) is 29.2 Å². The molecule has 1 heterocycles. The molecule has 0 spiro atoms. The third kappa shape index (κ3) is 3.24. The zero-order valence-corrected chi connectivity index (χ0v) is 13.3. The van der Waals surface area contributed by atoms with Crippen molar-refractivity contribution in [3.8, 4) is 6.07 Å². The Bertz CT molecular complexity index is 782. The number of nitriles is 1. The second-order valence-electron chi connectivity index (χ2n) is 5.81. The molecule has 0 bridgehead atoms. The molecule has 1 aliphatic heterocycles. The van der Waals surface area contributed by atoms with Crippen LogP contribution in [0.5, 0.6) is 0 Å². The van der Waals surface area contributed by atoms with E-state index in [4.69, 9.17) is 5.26 Å². The molecule has 24 heavy (non-hydrogen) atoms. The maximum Gasteiger partial charge on any atom is 0.318 e. The molecule has 1 aliphatic rings. The fourth-order valence-electron chi connectivity index (χ4n) is 3.12. The average molecular weight is 321 g/mol. The molecular weight excluding hydrogens is 302 g/mol. The maximum atomic E-state index is 12.5. The molecule has 5 nitrogen and oxygen atoms in total. The molecule has 0 radical (unpaired) electrons. The van der Waals surface area contributed by atoms with Crippen molar-refractivity contribution in [3.05, 3.63) is 70.8 Å². The first-order valence-corrected chi connectivity index (χ1v) is 7.95. The van der Waals surface area contributed by atoms with E-state index in [2.05, 4.69) is 11.4 Å². The van der Waals surface area contributed by atoms with Gasteiger partial charge in [0.1, 0.15) is 0 Å². The summed E-state index contributed by atoms with van der Waals surface area (Å²) < 4.78 is 0. The second kappa shape index (κ2) is 7.16. The number of amides is 2. The van der Waals surface area contributed by atoms with Gasteiger partial charge in [0.05, 0.1) is 24.3 Å². The van der Waals surface area contributed by atoms with E-state index < -0.39 is 0 Å². The quantitative estimate of drug-likeness (QED) is 0.911. The summed E-state index contributed by atoms with van der Waals surface area (Å²) in [5, 5.41) is 21.6. The Kier molecular flexibility index (Phi) is 4.78. The van der Waals surface area contributed by atoms with Crippen LogP contribution in [0.4, 0.5) is 4.79 Å². The monoisotopic (exact) mass is 321 g/mol. The highest BCUT2D eigenvalue weighted by Gasteiger charge is 2.29. The summed E-state index contributed by atoms with van der Waals surface area (Å²) in [6.07, 6.45) is 0.782. The smallest absolute Gasteiger partial charge is 0.318 e. The van der Waals surface area contributed by atoms with Gasteiger partial charge in [-0.15, -0.1) is 0 Å². The van der Waals surface area contributed by atoms with Crippen LogP contribution in [0.3, 0.4) is 0 Å². The van der Waals surface area contributed by atoms with Crippen molar-refractivity contribution >= 4 is 6.03 Å². The number of carbonyl (C=O) groups is 1. The van der Waals surface area contributed by atoms with Gasteiger partial charge in [-0.05, 0) is 35.2 Å². The molecule has 3 rings (SSSR count). The molecule has 2 N–H and O–H groups in total. The highest BCUT2D eigenvalue weighted by Crippen LogP contribution is 2.29. The third-order valence-corrected chi connectivity index (χ3v) is 4.35. The summed E-state index contributed by atoms with van der Waals surface area (Å²) in [6, 6.07) is 16.6. The van der Waals surface area contributed by atoms with Crippen LogP contribution in [0.1, 0.15) is 28.3 Å². The van der Waals surface area contributed by atoms with Gasteiger partial charge >= 0.3 is 6.03 Å². The number of fused-ring (bicyclic) bond motifs is 1. The number of nitrogens with zero attached hydrogens (tertiary/aromatic N) is 2. The van der Waals surface area contributed by atoms with E-state index in [1.165, 1.54) is 5.56 Å². The Morgan fingerprint density at radius 3 is 2.92 bits per heavy atom. The highest BCUT2D eigenvalue weighted by atomic mass is 16.3. The number of hydrogen-bond acceptors (Lipinski definition) is 3. The molecule has 0 fully saturated rings. The zero-order chi connectivity index (χ0) is 16.9. The third-order valence-electron chi connectivity index (χ3n) is 4.35. The SMILES string of the molecule is N#Cc1cccc(CNC(=O)N2CCc3ccccc3C2CO)c1. The van der Waals surface area contributed by atoms with Gasteiger partial charge in [0.2, 0.25) is 0 Å². The van der Waals surface area contributed by atoms with E-state index >= 15 is 0 Å². The van der Waals surface area contributed by atoms with Crippen molar-refractivity contribution in [1.82, 2.24) is 10.2 Å². The van der Waals surface area contributed by atoms with Crippen molar-refractivity contribution in [2.24, 2.45) is 0 Å². The maximum absolute atomic E-state index is 12.5. The molecule has 2 aromatic carbocycles. The summed E-state index contributed by atoms with van der Waals surface area (Å²) in [5.74, 6) is 0. The lowest BCUT2D eigenvalue weighted by Crippen LogP contribution is -2.46. The molecule has 0 saturated heterocycles. The molecule has 1 unspecified atom stereocenters. The largest absolute Gasteiger partial charge is 0.394 e. The predicted octanol–water partition coefficient (Wildman–Crippen LogP) is 2.36. The van der Waals surface area contributed by atoms with Gasteiger partial charge < -0.3 is 15.3 Å². The second-order valence-corrected chi connectivity index (χ2v) is 5.81. The normalized spacial score (nSPS) is 16.2. The number of aliphatic hydroxyl groups excluding tert-OH is 1. The van der Waals surface area contributed by atoms with Gasteiger partial charge in [-0.25, -0.2) is 4.79 Å². The summed E-state index contributed by atoms with van der Waals surface area (Å²) in [6.45, 7) is 0.825. The Morgan fingerprint density at radius 1 is 1.29 bits per heavy atom. The molecule has 122 valence electrons. The topological polar surface area (TPSA) is 76.4 Å². The standard InChI is InChI=1S/C19H19N3O2/c20-11-14-4-3-5-15(10-14)12-21-19(24)22-9-8-16-6-1-2-7-17(16)18(22)13-23/h1-7,10,18,23H,8-9,12-13H2,(H,21,24). The molecule has 0 saturated carbocycles. The van der Waals surface area contributed by atoms with Gasteiger partial charge in [0.15, 0.2) is 0 Å².